The molecule has 2 atom stereocenters. The van der Waals surface area contributed by atoms with E-state index in [9.17, 15) is 13.2 Å². The topological polar surface area (TPSA) is 57.2 Å². The molecule has 1 fully saturated rings. The van der Waals surface area contributed by atoms with Crippen LogP contribution >= 0.6 is 0 Å². The molecule has 1 saturated heterocycles. The number of imidazole rings is 1. The molecule has 0 unspecified atom stereocenters. The minimum absolute atomic E-state index is 0.0742. The van der Waals surface area contributed by atoms with Crippen molar-refractivity contribution in [1.82, 2.24) is 19.5 Å². The number of aromatic nitrogens is 4. The van der Waals surface area contributed by atoms with Crippen LogP contribution in [0.25, 0.3) is 26.8 Å². The van der Waals surface area contributed by atoms with Crippen LogP contribution in [-0.4, -0.2) is 32.2 Å². The number of pyridine rings is 2. The van der Waals surface area contributed by atoms with Gasteiger partial charge in [0.1, 0.15) is 11.3 Å². The maximum Gasteiger partial charge on any atom is 0.417 e. The number of rotatable bonds is 3. The largest absolute Gasteiger partial charge is 0.417 e. The summed E-state index contributed by atoms with van der Waals surface area (Å²) in [5.41, 5.74) is 2.56. The second kappa shape index (κ2) is 8.12. The van der Waals surface area contributed by atoms with Crippen LogP contribution in [0.3, 0.4) is 0 Å². The Balaban J connectivity index is 1.67. The molecule has 0 bridgehead atoms. The molecule has 1 aliphatic heterocycles. The second-order valence-corrected chi connectivity index (χ2v) is 8.28. The fourth-order valence-electron chi connectivity index (χ4n) is 4.47. The Morgan fingerprint density at radius 2 is 2.00 bits per heavy atom. The minimum Gasteiger partial charge on any atom is -0.378 e. The molecule has 0 spiro atoms. The van der Waals surface area contributed by atoms with E-state index in [4.69, 9.17) is 16.3 Å². The van der Waals surface area contributed by atoms with Crippen LogP contribution < -0.4 is 0 Å². The SMILES string of the molecule is [C-]#[N+]c1ccc2ncc3nc(Cc4ccc(C(F)(F)F)cn4)n([C@@H]4CCO[C@H](C)C4)c3c2c1. The lowest BCUT2D eigenvalue weighted by Crippen LogP contribution is -2.26. The summed E-state index contributed by atoms with van der Waals surface area (Å²) in [7, 11) is 0. The van der Waals surface area contributed by atoms with Gasteiger partial charge in [-0.1, -0.05) is 6.07 Å². The molecule has 6 nitrogen and oxygen atoms in total. The zero-order valence-corrected chi connectivity index (χ0v) is 17.8. The van der Waals surface area contributed by atoms with Crippen molar-refractivity contribution in [3.05, 3.63) is 71.2 Å². The molecular formula is C24H20F3N5O. The Bertz CT molecular complexity index is 1370. The predicted molar refractivity (Wildman–Crippen MR) is 117 cm³/mol. The fourth-order valence-corrected chi connectivity index (χ4v) is 4.47. The molecule has 168 valence electrons. The molecule has 1 aliphatic rings. The molecule has 0 saturated carbocycles. The van der Waals surface area contributed by atoms with Gasteiger partial charge in [0.05, 0.1) is 35.5 Å². The smallest absolute Gasteiger partial charge is 0.378 e. The van der Waals surface area contributed by atoms with Crippen molar-refractivity contribution in [2.45, 2.75) is 44.5 Å². The molecule has 3 aromatic heterocycles. The summed E-state index contributed by atoms with van der Waals surface area (Å²) >= 11 is 0. The van der Waals surface area contributed by atoms with E-state index in [1.165, 1.54) is 6.07 Å². The summed E-state index contributed by atoms with van der Waals surface area (Å²) in [6, 6.07) is 7.92. The maximum absolute atomic E-state index is 12.9. The van der Waals surface area contributed by atoms with Gasteiger partial charge in [0.25, 0.3) is 0 Å². The van der Waals surface area contributed by atoms with Crippen LogP contribution in [0.5, 0.6) is 0 Å². The van der Waals surface area contributed by atoms with Gasteiger partial charge >= 0.3 is 6.18 Å². The molecule has 33 heavy (non-hydrogen) atoms. The van der Waals surface area contributed by atoms with E-state index in [1.807, 2.05) is 19.1 Å². The van der Waals surface area contributed by atoms with Gasteiger partial charge in [-0.2, -0.15) is 13.2 Å². The summed E-state index contributed by atoms with van der Waals surface area (Å²) in [5.74, 6) is 0.707. The van der Waals surface area contributed by atoms with Crippen molar-refractivity contribution in [2.75, 3.05) is 6.61 Å². The lowest BCUT2D eigenvalue weighted by molar-refractivity contribution is -0.137. The standard InChI is InChI=1S/C24H20F3N5O/c1-14-9-18(7-8-33-14)32-22(11-17-4-3-15(12-29-17)24(25,26)27)31-21-13-30-20-6-5-16(28-2)10-19(20)23(21)32/h3-6,10,12-14,18H,7-9,11H2,1H3/t14-,18-/m1/s1. The first-order chi connectivity index (χ1) is 15.8. The number of hydrogen-bond donors (Lipinski definition) is 0. The van der Waals surface area contributed by atoms with Crippen molar-refractivity contribution in [3.8, 4) is 0 Å². The molecule has 1 aromatic carbocycles. The quantitative estimate of drug-likeness (QED) is 0.365. The zero-order valence-electron chi connectivity index (χ0n) is 17.8. The van der Waals surface area contributed by atoms with Crippen molar-refractivity contribution in [3.63, 3.8) is 0 Å². The summed E-state index contributed by atoms with van der Waals surface area (Å²) in [6.07, 6.45) is 0.0617. The monoisotopic (exact) mass is 451 g/mol. The third kappa shape index (κ3) is 4.02. The average molecular weight is 451 g/mol. The van der Waals surface area contributed by atoms with Gasteiger partial charge in [-0.15, -0.1) is 0 Å². The predicted octanol–water partition coefficient (Wildman–Crippen LogP) is 5.88. The molecule has 9 heteroatoms. The first-order valence-electron chi connectivity index (χ1n) is 10.6. The van der Waals surface area contributed by atoms with Crippen LogP contribution in [-0.2, 0) is 17.3 Å². The van der Waals surface area contributed by atoms with Crippen LogP contribution in [0.1, 0.15) is 42.9 Å². The molecule has 4 aromatic rings. The van der Waals surface area contributed by atoms with Gasteiger partial charge in [-0.3, -0.25) is 9.97 Å². The van der Waals surface area contributed by atoms with Gasteiger partial charge in [0, 0.05) is 36.3 Å². The van der Waals surface area contributed by atoms with E-state index in [-0.39, 0.29) is 18.6 Å². The Morgan fingerprint density at radius 1 is 1.15 bits per heavy atom. The Hall–Kier alpha value is -3.51. The summed E-state index contributed by atoms with van der Waals surface area (Å²) < 4.78 is 46.7. The first-order valence-corrected chi connectivity index (χ1v) is 10.6. The third-order valence-electron chi connectivity index (χ3n) is 6.02. The second-order valence-electron chi connectivity index (χ2n) is 8.28. The number of ether oxygens (including phenoxy) is 1. The highest BCUT2D eigenvalue weighted by molar-refractivity contribution is 6.03. The van der Waals surface area contributed by atoms with E-state index in [0.29, 0.717) is 29.3 Å². The minimum atomic E-state index is -4.43. The number of hydrogen-bond acceptors (Lipinski definition) is 4. The number of fused-ring (bicyclic) bond motifs is 3. The van der Waals surface area contributed by atoms with E-state index < -0.39 is 11.7 Å². The van der Waals surface area contributed by atoms with E-state index in [1.54, 1.807) is 12.3 Å². The van der Waals surface area contributed by atoms with Crippen LogP contribution in [0.4, 0.5) is 18.9 Å². The fraction of sp³-hybridized carbons (Fsp3) is 0.333. The molecule has 0 N–H and O–H groups in total. The molecule has 5 rings (SSSR count). The van der Waals surface area contributed by atoms with Crippen molar-refractivity contribution in [2.24, 2.45) is 0 Å². The summed E-state index contributed by atoms with van der Waals surface area (Å²) in [6.45, 7) is 10.0. The third-order valence-corrected chi connectivity index (χ3v) is 6.02. The number of alkyl halides is 3. The normalized spacial score (nSPS) is 19.1. The number of halogens is 3. The van der Waals surface area contributed by atoms with Crippen LogP contribution in [0.15, 0.2) is 42.7 Å². The van der Waals surface area contributed by atoms with Gasteiger partial charge in [0.2, 0.25) is 0 Å². The van der Waals surface area contributed by atoms with Gasteiger partial charge in [-0.05, 0) is 44.0 Å². The lowest BCUT2D eigenvalue weighted by atomic mass is 10.0. The lowest BCUT2D eigenvalue weighted by Gasteiger charge is -2.30. The maximum atomic E-state index is 12.9. The highest BCUT2D eigenvalue weighted by atomic mass is 19.4. The number of benzene rings is 1. The molecular weight excluding hydrogens is 431 g/mol. The first kappa shape index (κ1) is 21.3. The van der Waals surface area contributed by atoms with Crippen LogP contribution in [0, 0.1) is 6.57 Å². The van der Waals surface area contributed by atoms with Crippen molar-refractivity contribution in [1.29, 1.82) is 0 Å². The highest BCUT2D eigenvalue weighted by Gasteiger charge is 2.31. The summed E-state index contributed by atoms with van der Waals surface area (Å²) in [4.78, 5) is 16.9. The average Bonchev–Trinajstić information content (AvgIpc) is 3.17. The molecule has 0 aliphatic carbocycles. The Labute approximate surface area is 187 Å². The highest BCUT2D eigenvalue weighted by Crippen LogP contribution is 2.35. The van der Waals surface area contributed by atoms with E-state index in [0.717, 1.165) is 41.5 Å². The molecule has 0 amide bonds. The molecule has 4 heterocycles. The van der Waals surface area contributed by atoms with E-state index in [2.05, 4.69) is 19.4 Å². The van der Waals surface area contributed by atoms with Crippen LogP contribution in [0.2, 0.25) is 0 Å². The molecule has 0 radical (unpaired) electrons. The van der Waals surface area contributed by atoms with Crippen molar-refractivity contribution < 1.29 is 17.9 Å². The Morgan fingerprint density at radius 3 is 2.70 bits per heavy atom. The van der Waals surface area contributed by atoms with Gasteiger partial charge in [-0.25, -0.2) is 9.83 Å². The van der Waals surface area contributed by atoms with Crippen molar-refractivity contribution >= 4 is 27.6 Å². The Kier molecular flexibility index (Phi) is 5.25. The van der Waals surface area contributed by atoms with E-state index >= 15 is 0 Å². The van der Waals surface area contributed by atoms with Gasteiger partial charge in [0.15, 0.2) is 5.69 Å². The summed E-state index contributed by atoms with van der Waals surface area (Å²) in [5, 5.41) is 0.833. The number of nitrogens with zero attached hydrogens (tertiary/aromatic N) is 5. The van der Waals surface area contributed by atoms with Gasteiger partial charge < -0.3 is 9.30 Å². The zero-order chi connectivity index (χ0) is 23.2.